The van der Waals surface area contributed by atoms with E-state index in [1.54, 1.807) is 11.3 Å². The zero-order chi connectivity index (χ0) is 11.8. The standard InChI is InChI=1S/C12H16N4S/c1-3-7-6-9(7)14-11-10-8(4-5-17-10)15-12(13-2)16-11/h4-5,7,9H,3,6H2,1-2H3,(H2,13,14,15,16). The lowest BCUT2D eigenvalue weighted by Crippen LogP contribution is -2.08. The number of hydrogen-bond acceptors (Lipinski definition) is 5. The van der Waals surface area contributed by atoms with Crippen LogP contribution in [-0.4, -0.2) is 23.1 Å². The van der Waals surface area contributed by atoms with Gasteiger partial charge in [0.05, 0.1) is 10.2 Å². The van der Waals surface area contributed by atoms with E-state index in [0.717, 1.165) is 22.0 Å². The highest BCUT2D eigenvalue weighted by molar-refractivity contribution is 7.17. The van der Waals surface area contributed by atoms with E-state index in [9.17, 15) is 0 Å². The first-order valence-corrected chi connectivity index (χ1v) is 6.89. The minimum atomic E-state index is 0.602. The van der Waals surface area contributed by atoms with Crippen LogP contribution in [0.1, 0.15) is 19.8 Å². The minimum absolute atomic E-state index is 0.602. The first kappa shape index (κ1) is 10.8. The molecule has 4 nitrogen and oxygen atoms in total. The average molecular weight is 248 g/mol. The predicted molar refractivity (Wildman–Crippen MR) is 72.8 cm³/mol. The summed E-state index contributed by atoms with van der Waals surface area (Å²) in [6, 6.07) is 2.64. The maximum atomic E-state index is 4.52. The van der Waals surface area contributed by atoms with Gasteiger partial charge in [-0.1, -0.05) is 13.3 Å². The van der Waals surface area contributed by atoms with Crippen molar-refractivity contribution in [1.82, 2.24) is 9.97 Å². The molecule has 0 radical (unpaired) electrons. The van der Waals surface area contributed by atoms with E-state index in [4.69, 9.17) is 0 Å². The molecule has 2 heterocycles. The van der Waals surface area contributed by atoms with Gasteiger partial charge in [0.2, 0.25) is 5.95 Å². The van der Waals surface area contributed by atoms with Crippen molar-refractivity contribution in [3.05, 3.63) is 11.4 Å². The Balaban J connectivity index is 1.93. The number of nitrogens with zero attached hydrogens (tertiary/aromatic N) is 2. The maximum Gasteiger partial charge on any atom is 0.225 e. The number of hydrogen-bond donors (Lipinski definition) is 2. The van der Waals surface area contributed by atoms with Gasteiger partial charge in [0.1, 0.15) is 5.82 Å². The molecule has 1 aliphatic carbocycles. The molecule has 5 heteroatoms. The predicted octanol–water partition coefficient (Wildman–Crippen LogP) is 2.94. The van der Waals surface area contributed by atoms with Crippen molar-refractivity contribution in [1.29, 1.82) is 0 Å². The Hall–Kier alpha value is -1.36. The summed E-state index contributed by atoms with van der Waals surface area (Å²) in [6.07, 6.45) is 2.51. The Labute approximate surface area is 104 Å². The van der Waals surface area contributed by atoms with Crippen LogP contribution in [0.15, 0.2) is 11.4 Å². The molecule has 2 atom stereocenters. The largest absolute Gasteiger partial charge is 0.366 e. The molecule has 0 bridgehead atoms. The topological polar surface area (TPSA) is 49.8 Å². The van der Waals surface area contributed by atoms with E-state index in [1.165, 1.54) is 12.8 Å². The van der Waals surface area contributed by atoms with Crippen molar-refractivity contribution >= 4 is 33.3 Å². The van der Waals surface area contributed by atoms with Crippen LogP contribution >= 0.6 is 11.3 Å². The fourth-order valence-corrected chi connectivity index (χ4v) is 2.91. The summed E-state index contributed by atoms with van der Waals surface area (Å²) in [5, 5.41) is 8.61. The molecule has 1 aliphatic rings. The van der Waals surface area contributed by atoms with Gasteiger partial charge in [-0.2, -0.15) is 4.98 Å². The third kappa shape index (κ3) is 1.95. The summed E-state index contributed by atoms with van der Waals surface area (Å²) >= 11 is 1.70. The van der Waals surface area contributed by atoms with Crippen LogP contribution in [0.4, 0.5) is 11.8 Å². The molecule has 0 aliphatic heterocycles. The van der Waals surface area contributed by atoms with Crippen LogP contribution in [-0.2, 0) is 0 Å². The second-order valence-corrected chi connectivity index (χ2v) is 5.35. The molecule has 1 fully saturated rings. The monoisotopic (exact) mass is 248 g/mol. The molecule has 2 N–H and O–H groups in total. The average Bonchev–Trinajstić information content (AvgIpc) is 2.92. The van der Waals surface area contributed by atoms with E-state index in [-0.39, 0.29) is 0 Å². The highest BCUT2D eigenvalue weighted by Gasteiger charge is 2.35. The van der Waals surface area contributed by atoms with E-state index in [2.05, 4.69) is 32.9 Å². The van der Waals surface area contributed by atoms with Gasteiger partial charge in [-0.15, -0.1) is 11.3 Å². The van der Waals surface area contributed by atoms with E-state index in [0.29, 0.717) is 12.0 Å². The number of anilines is 2. The van der Waals surface area contributed by atoms with Crippen molar-refractivity contribution in [2.75, 3.05) is 17.7 Å². The molecule has 0 spiro atoms. The lowest BCUT2D eigenvalue weighted by Gasteiger charge is -2.07. The van der Waals surface area contributed by atoms with Crippen molar-refractivity contribution in [3.8, 4) is 0 Å². The number of rotatable bonds is 4. The van der Waals surface area contributed by atoms with Gasteiger partial charge in [0.25, 0.3) is 0 Å². The van der Waals surface area contributed by atoms with E-state index >= 15 is 0 Å². The van der Waals surface area contributed by atoms with Gasteiger partial charge < -0.3 is 10.6 Å². The highest BCUT2D eigenvalue weighted by Crippen LogP contribution is 2.38. The SMILES string of the molecule is CCC1CC1Nc1nc(NC)nc2ccsc12. The van der Waals surface area contributed by atoms with Gasteiger partial charge >= 0.3 is 0 Å². The summed E-state index contributed by atoms with van der Waals surface area (Å²) in [4.78, 5) is 8.95. The number of nitrogens with one attached hydrogen (secondary N) is 2. The lowest BCUT2D eigenvalue weighted by molar-refractivity contribution is 0.774. The van der Waals surface area contributed by atoms with Crippen molar-refractivity contribution in [2.45, 2.75) is 25.8 Å². The Bertz CT molecular complexity index is 536. The fourth-order valence-electron chi connectivity index (χ4n) is 2.12. The molecule has 90 valence electrons. The number of fused-ring (bicyclic) bond motifs is 1. The van der Waals surface area contributed by atoms with Gasteiger partial charge in [-0.05, 0) is 23.8 Å². The normalized spacial score (nSPS) is 22.7. The highest BCUT2D eigenvalue weighted by atomic mass is 32.1. The second-order valence-electron chi connectivity index (χ2n) is 4.44. The molecule has 2 unspecified atom stereocenters. The van der Waals surface area contributed by atoms with Crippen LogP contribution < -0.4 is 10.6 Å². The minimum Gasteiger partial charge on any atom is -0.366 e. The Morgan fingerprint density at radius 1 is 1.47 bits per heavy atom. The Kier molecular flexibility index (Phi) is 2.63. The smallest absolute Gasteiger partial charge is 0.225 e. The van der Waals surface area contributed by atoms with Gasteiger partial charge in [0.15, 0.2) is 0 Å². The summed E-state index contributed by atoms with van der Waals surface area (Å²) in [5.74, 6) is 2.49. The molecule has 0 aromatic carbocycles. The number of aromatic nitrogens is 2. The quantitative estimate of drug-likeness (QED) is 0.873. The third-order valence-electron chi connectivity index (χ3n) is 3.30. The van der Waals surface area contributed by atoms with E-state index < -0.39 is 0 Å². The molecule has 2 aromatic rings. The zero-order valence-electron chi connectivity index (χ0n) is 10.0. The number of thiophene rings is 1. The third-order valence-corrected chi connectivity index (χ3v) is 4.21. The van der Waals surface area contributed by atoms with Gasteiger partial charge in [0, 0.05) is 13.1 Å². The summed E-state index contributed by atoms with van der Waals surface area (Å²) < 4.78 is 1.16. The molecule has 0 amide bonds. The van der Waals surface area contributed by atoms with Crippen LogP contribution in [0.3, 0.4) is 0 Å². The van der Waals surface area contributed by atoms with Crippen LogP contribution in [0, 0.1) is 5.92 Å². The maximum absolute atomic E-state index is 4.52. The van der Waals surface area contributed by atoms with Crippen LogP contribution in [0.5, 0.6) is 0 Å². The van der Waals surface area contributed by atoms with Crippen LogP contribution in [0.2, 0.25) is 0 Å². The van der Waals surface area contributed by atoms with E-state index in [1.807, 2.05) is 13.1 Å². The first-order valence-electron chi connectivity index (χ1n) is 6.01. The van der Waals surface area contributed by atoms with Crippen molar-refractivity contribution in [3.63, 3.8) is 0 Å². The van der Waals surface area contributed by atoms with Gasteiger partial charge in [-0.3, -0.25) is 0 Å². The second kappa shape index (κ2) is 4.14. The van der Waals surface area contributed by atoms with Crippen LogP contribution in [0.25, 0.3) is 10.2 Å². The zero-order valence-corrected chi connectivity index (χ0v) is 10.8. The first-order chi connectivity index (χ1) is 8.31. The summed E-state index contributed by atoms with van der Waals surface area (Å²) in [7, 11) is 1.85. The van der Waals surface area contributed by atoms with Gasteiger partial charge in [-0.25, -0.2) is 4.98 Å². The molecular formula is C12H16N4S. The molecule has 17 heavy (non-hydrogen) atoms. The Morgan fingerprint density at radius 3 is 3.06 bits per heavy atom. The van der Waals surface area contributed by atoms with Crippen molar-refractivity contribution < 1.29 is 0 Å². The molecule has 2 aromatic heterocycles. The summed E-state index contributed by atoms with van der Waals surface area (Å²) in [6.45, 7) is 2.24. The fraction of sp³-hybridized carbons (Fsp3) is 0.500. The van der Waals surface area contributed by atoms with Crippen molar-refractivity contribution in [2.24, 2.45) is 5.92 Å². The lowest BCUT2D eigenvalue weighted by atomic mass is 10.3. The molecule has 1 saturated carbocycles. The Morgan fingerprint density at radius 2 is 2.35 bits per heavy atom. The molecule has 0 saturated heterocycles. The molecule has 3 rings (SSSR count). The molecular weight excluding hydrogens is 232 g/mol. The summed E-state index contributed by atoms with van der Waals surface area (Å²) in [5.41, 5.74) is 1.02.